The van der Waals surface area contributed by atoms with E-state index in [1.165, 1.54) is 19.5 Å². The van der Waals surface area contributed by atoms with E-state index in [4.69, 9.17) is 0 Å². The number of amides is 2. The van der Waals surface area contributed by atoms with E-state index >= 15 is 0 Å². The molecule has 7 heteroatoms. The molecule has 2 heterocycles. The zero-order valence-electron chi connectivity index (χ0n) is 14.2. The van der Waals surface area contributed by atoms with Gasteiger partial charge in [-0.25, -0.2) is 9.97 Å². The Morgan fingerprint density at radius 1 is 0.960 bits per heavy atom. The maximum absolute atomic E-state index is 12.4. The number of nitrogens with zero attached hydrogens (tertiary/aromatic N) is 3. The Hall–Kier alpha value is -2.96. The summed E-state index contributed by atoms with van der Waals surface area (Å²) in [7, 11) is 0. The van der Waals surface area contributed by atoms with Crippen molar-refractivity contribution in [2.45, 2.75) is 26.2 Å². The molecule has 0 atom stereocenters. The van der Waals surface area contributed by atoms with Gasteiger partial charge < -0.3 is 15.5 Å². The van der Waals surface area contributed by atoms with Gasteiger partial charge in [0.1, 0.15) is 11.5 Å². The summed E-state index contributed by atoms with van der Waals surface area (Å²) in [6.45, 7) is 3.05. The second-order valence-corrected chi connectivity index (χ2v) is 6.02. The van der Waals surface area contributed by atoms with Crippen molar-refractivity contribution in [3.8, 4) is 0 Å². The molecule has 2 N–H and O–H groups in total. The molecule has 25 heavy (non-hydrogen) atoms. The average molecular weight is 339 g/mol. The van der Waals surface area contributed by atoms with Crippen LogP contribution in [0.5, 0.6) is 0 Å². The van der Waals surface area contributed by atoms with Crippen LogP contribution < -0.4 is 10.6 Å². The van der Waals surface area contributed by atoms with Crippen molar-refractivity contribution in [1.82, 2.24) is 14.9 Å². The van der Waals surface area contributed by atoms with Crippen LogP contribution in [0, 0.1) is 0 Å². The van der Waals surface area contributed by atoms with E-state index in [0.717, 1.165) is 37.3 Å². The molecular formula is C18H21N5O2. The van der Waals surface area contributed by atoms with E-state index in [9.17, 15) is 9.59 Å². The number of hydrogen-bond acceptors (Lipinski definition) is 5. The summed E-state index contributed by atoms with van der Waals surface area (Å²) in [6.07, 6.45) is 6.34. The molecule has 7 nitrogen and oxygen atoms in total. The topological polar surface area (TPSA) is 87.2 Å². The average Bonchev–Trinajstić information content (AvgIpc) is 2.64. The fourth-order valence-corrected chi connectivity index (χ4v) is 2.75. The van der Waals surface area contributed by atoms with Crippen molar-refractivity contribution < 1.29 is 9.59 Å². The Kier molecular flexibility index (Phi) is 5.23. The van der Waals surface area contributed by atoms with E-state index in [1.807, 2.05) is 17.0 Å². The second-order valence-electron chi connectivity index (χ2n) is 6.02. The summed E-state index contributed by atoms with van der Waals surface area (Å²) in [6, 6.07) is 7.26. The molecule has 0 unspecified atom stereocenters. The molecule has 2 amide bonds. The van der Waals surface area contributed by atoms with Crippen molar-refractivity contribution in [2.75, 3.05) is 23.7 Å². The first-order chi connectivity index (χ1) is 12.1. The molecule has 2 aromatic rings. The zero-order valence-corrected chi connectivity index (χ0v) is 14.2. The summed E-state index contributed by atoms with van der Waals surface area (Å²) >= 11 is 0. The number of anilines is 3. The summed E-state index contributed by atoms with van der Waals surface area (Å²) in [5.41, 5.74) is 1.92. The lowest BCUT2D eigenvalue weighted by Crippen LogP contribution is -2.36. The van der Waals surface area contributed by atoms with Crippen LogP contribution in [0.15, 0.2) is 36.7 Å². The van der Waals surface area contributed by atoms with Gasteiger partial charge in [-0.05, 0) is 43.5 Å². The van der Waals surface area contributed by atoms with Crippen molar-refractivity contribution >= 4 is 29.0 Å². The standard InChI is InChI=1S/C18H21N5O2/c1-13(24)21-14-5-7-15(8-6-14)22-17-12-19-16(11-20-17)18(25)23-9-3-2-4-10-23/h5-8,11-12H,2-4,9-10H2,1H3,(H,20,22)(H,21,24). The maximum atomic E-state index is 12.4. The number of carbonyl (C=O) groups excluding carboxylic acids is 2. The number of hydrogen-bond donors (Lipinski definition) is 2. The van der Waals surface area contributed by atoms with Crippen LogP contribution in [-0.4, -0.2) is 39.8 Å². The highest BCUT2D eigenvalue weighted by Gasteiger charge is 2.19. The lowest BCUT2D eigenvalue weighted by atomic mass is 10.1. The van der Waals surface area contributed by atoms with E-state index in [0.29, 0.717) is 11.5 Å². The minimum absolute atomic E-state index is 0.0570. The Labute approximate surface area is 146 Å². The van der Waals surface area contributed by atoms with Gasteiger partial charge in [0.25, 0.3) is 5.91 Å². The largest absolute Gasteiger partial charge is 0.339 e. The highest BCUT2D eigenvalue weighted by Crippen LogP contribution is 2.18. The third-order valence-electron chi connectivity index (χ3n) is 3.99. The summed E-state index contributed by atoms with van der Waals surface area (Å²) in [5.74, 6) is 0.390. The van der Waals surface area contributed by atoms with E-state index in [2.05, 4.69) is 20.6 Å². The van der Waals surface area contributed by atoms with Crippen LogP contribution in [0.3, 0.4) is 0 Å². The van der Waals surface area contributed by atoms with Gasteiger partial charge >= 0.3 is 0 Å². The maximum Gasteiger partial charge on any atom is 0.274 e. The Balaban J connectivity index is 1.62. The molecule has 1 aromatic carbocycles. The van der Waals surface area contributed by atoms with Crippen LogP contribution in [0.4, 0.5) is 17.2 Å². The predicted molar refractivity (Wildman–Crippen MR) is 95.8 cm³/mol. The molecule has 1 aromatic heterocycles. The molecule has 1 aliphatic rings. The fraction of sp³-hybridized carbons (Fsp3) is 0.333. The molecule has 1 aliphatic heterocycles. The quantitative estimate of drug-likeness (QED) is 0.894. The number of likely N-dealkylation sites (tertiary alicyclic amines) is 1. The van der Waals surface area contributed by atoms with Crippen LogP contribution >= 0.6 is 0 Å². The van der Waals surface area contributed by atoms with Crippen molar-refractivity contribution in [3.05, 3.63) is 42.4 Å². The number of rotatable bonds is 4. The van der Waals surface area contributed by atoms with Crippen LogP contribution in [0.25, 0.3) is 0 Å². The normalized spacial score (nSPS) is 14.0. The number of aromatic nitrogens is 2. The molecule has 130 valence electrons. The van der Waals surface area contributed by atoms with Gasteiger partial charge in [0.05, 0.1) is 12.4 Å². The minimum atomic E-state index is -0.111. The van der Waals surface area contributed by atoms with Crippen LogP contribution in [-0.2, 0) is 4.79 Å². The molecule has 3 rings (SSSR count). The first-order valence-corrected chi connectivity index (χ1v) is 8.38. The fourth-order valence-electron chi connectivity index (χ4n) is 2.75. The molecule has 1 saturated heterocycles. The second kappa shape index (κ2) is 7.74. The summed E-state index contributed by atoms with van der Waals surface area (Å²) in [5, 5.41) is 5.83. The zero-order chi connectivity index (χ0) is 17.6. The van der Waals surface area contributed by atoms with E-state index in [-0.39, 0.29) is 11.8 Å². The highest BCUT2D eigenvalue weighted by atomic mass is 16.2. The SMILES string of the molecule is CC(=O)Nc1ccc(Nc2cnc(C(=O)N3CCCCC3)cn2)cc1. The summed E-state index contributed by atoms with van der Waals surface area (Å²) in [4.78, 5) is 33.7. The van der Waals surface area contributed by atoms with E-state index in [1.54, 1.807) is 18.3 Å². The molecule has 0 spiro atoms. The molecular weight excluding hydrogens is 318 g/mol. The number of benzene rings is 1. The Bertz CT molecular complexity index is 737. The van der Waals surface area contributed by atoms with Crippen LogP contribution in [0.1, 0.15) is 36.7 Å². The van der Waals surface area contributed by atoms with Gasteiger partial charge in [-0.3, -0.25) is 9.59 Å². The molecule has 1 fully saturated rings. The first-order valence-electron chi connectivity index (χ1n) is 8.38. The molecule has 0 radical (unpaired) electrons. The van der Waals surface area contributed by atoms with Gasteiger partial charge in [-0.2, -0.15) is 0 Å². The number of carbonyl (C=O) groups is 2. The lowest BCUT2D eigenvalue weighted by molar-refractivity contribution is -0.114. The van der Waals surface area contributed by atoms with Gasteiger partial charge in [-0.15, -0.1) is 0 Å². The van der Waals surface area contributed by atoms with Gasteiger partial charge in [0.15, 0.2) is 0 Å². The number of piperidine rings is 1. The minimum Gasteiger partial charge on any atom is -0.339 e. The number of nitrogens with one attached hydrogen (secondary N) is 2. The molecule has 0 saturated carbocycles. The Morgan fingerprint density at radius 2 is 1.64 bits per heavy atom. The summed E-state index contributed by atoms with van der Waals surface area (Å²) < 4.78 is 0. The van der Waals surface area contributed by atoms with E-state index < -0.39 is 0 Å². The molecule has 0 aliphatic carbocycles. The third kappa shape index (κ3) is 4.53. The lowest BCUT2D eigenvalue weighted by Gasteiger charge is -2.26. The monoisotopic (exact) mass is 339 g/mol. The predicted octanol–water partition coefficient (Wildman–Crippen LogP) is 2.80. The Morgan fingerprint density at radius 3 is 2.24 bits per heavy atom. The van der Waals surface area contributed by atoms with Crippen molar-refractivity contribution in [2.24, 2.45) is 0 Å². The highest BCUT2D eigenvalue weighted by molar-refractivity contribution is 5.92. The van der Waals surface area contributed by atoms with Crippen molar-refractivity contribution in [1.29, 1.82) is 0 Å². The first kappa shape index (κ1) is 16.9. The van der Waals surface area contributed by atoms with Gasteiger partial charge in [-0.1, -0.05) is 0 Å². The van der Waals surface area contributed by atoms with Gasteiger partial charge in [0.2, 0.25) is 5.91 Å². The van der Waals surface area contributed by atoms with Gasteiger partial charge in [0, 0.05) is 31.4 Å². The third-order valence-corrected chi connectivity index (χ3v) is 3.99. The van der Waals surface area contributed by atoms with Crippen molar-refractivity contribution in [3.63, 3.8) is 0 Å². The molecule has 0 bridgehead atoms. The van der Waals surface area contributed by atoms with Crippen LogP contribution in [0.2, 0.25) is 0 Å². The smallest absolute Gasteiger partial charge is 0.274 e.